The zero-order valence-electron chi connectivity index (χ0n) is 14.7. The van der Waals surface area contributed by atoms with Gasteiger partial charge in [-0.3, -0.25) is 9.59 Å². The van der Waals surface area contributed by atoms with Crippen LogP contribution < -0.4 is 15.8 Å². The molecule has 0 aliphatic rings. The zero-order chi connectivity index (χ0) is 20.0. The van der Waals surface area contributed by atoms with E-state index in [1.54, 1.807) is 18.2 Å². The second-order valence-corrected chi connectivity index (χ2v) is 8.45. The number of rotatable bonds is 7. The van der Waals surface area contributed by atoms with E-state index in [9.17, 15) is 18.0 Å². The summed E-state index contributed by atoms with van der Waals surface area (Å²) >= 11 is 3.36. The summed E-state index contributed by atoms with van der Waals surface area (Å²) in [7, 11) is -3.73. The molecule has 0 fully saturated rings. The maximum absolute atomic E-state index is 12.0. The van der Waals surface area contributed by atoms with E-state index in [0.29, 0.717) is 12.1 Å². The predicted octanol–water partition coefficient (Wildman–Crippen LogP) is 2.09. The van der Waals surface area contributed by atoms with Crippen LogP contribution >= 0.6 is 15.9 Å². The van der Waals surface area contributed by atoms with Gasteiger partial charge in [-0.05, 0) is 54.8 Å². The third kappa shape index (κ3) is 6.78. The average molecular weight is 454 g/mol. The number of carbonyl (C=O) groups excluding carboxylic acids is 2. The lowest BCUT2D eigenvalue weighted by molar-refractivity contribution is -0.124. The largest absolute Gasteiger partial charge is 0.347 e. The van der Waals surface area contributed by atoms with Crippen molar-refractivity contribution in [2.75, 3.05) is 11.9 Å². The summed E-state index contributed by atoms with van der Waals surface area (Å²) in [6, 6.07) is 11.5. The van der Waals surface area contributed by atoms with E-state index < -0.39 is 10.0 Å². The highest BCUT2D eigenvalue weighted by Gasteiger charge is 2.09. The molecule has 7 nitrogen and oxygen atoms in total. The number of benzene rings is 2. The normalized spacial score (nSPS) is 11.1. The van der Waals surface area contributed by atoms with Crippen LogP contribution in [0, 0.1) is 6.92 Å². The Kier molecular flexibility index (Phi) is 7.11. The fourth-order valence-corrected chi connectivity index (χ4v) is 3.32. The van der Waals surface area contributed by atoms with Crippen molar-refractivity contribution in [3.63, 3.8) is 0 Å². The Balaban J connectivity index is 1.78. The lowest BCUT2D eigenvalue weighted by Crippen LogP contribution is -2.33. The van der Waals surface area contributed by atoms with Gasteiger partial charge in [0.2, 0.25) is 21.8 Å². The minimum atomic E-state index is -3.73. The van der Waals surface area contributed by atoms with E-state index in [1.807, 2.05) is 19.1 Å². The van der Waals surface area contributed by atoms with E-state index in [0.717, 1.165) is 15.6 Å². The molecule has 0 spiro atoms. The molecule has 144 valence electrons. The predicted molar refractivity (Wildman–Crippen MR) is 107 cm³/mol. The molecule has 2 aromatic rings. The first-order valence-corrected chi connectivity index (χ1v) is 10.4. The minimum Gasteiger partial charge on any atom is -0.347 e. The molecular weight excluding hydrogens is 434 g/mol. The van der Waals surface area contributed by atoms with E-state index in [-0.39, 0.29) is 29.7 Å². The summed E-state index contributed by atoms with van der Waals surface area (Å²) < 4.78 is 23.3. The first-order chi connectivity index (χ1) is 12.6. The van der Waals surface area contributed by atoms with Gasteiger partial charge in [0.1, 0.15) is 0 Å². The maximum atomic E-state index is 12.0. The zero-order valence-corrected chi connectivity index (χ0v) is 17.1. The summed E-state index contributed by atoms with van der Waals surface area (Å²) in [6.07, 6.45) is 0.601. The number of anilines is 1. The minimum absolute atomic E-state index is 0.0237. The van der Waals surface area contributed by atoms with Crippen LogP contribution in [0.1, 0.15) is 17.5 Å². The molecule has 0 saturated heterocycles. The summed E-state index contributed by atoms with van der Waals surface area (Å²) in [5, 5.41) is 10.3. The van der Waals surface area contributed by atoms with Gasteiger partial charge in [-0.2, -0.15) is 0 Å². The Hall–Kier alpha value is -2.23. The Morgan fingerprint density at radius 3 is 2.33 bits per heavy atom. The SMILES string of the molecule is Cc1cc(Br)ccc1NC(=O)CNC(=O)CCc1ccc(S(N)(=O)=O)cc1. The van der Waals surface area contributed by atoms with Gasteiger partial charge in [-0.25, -0.2) is 13.6 Å². The van der Waals surface area contributed by atoms with Crippen LogP contribution in [0.3, 0.4) is 0 Å². The molecule has 0 aliphatic carbocycles. The molecule has 0 aromatic heterocycles. The Morgan fingerprint density at radius 1 is 1.07 bits per heavy atom. The molecule has 0 radical (unpaired) electrons. The number of aryl methyl sites for hydroxylation is 2. The standard InChI is InChI=1S/C18H20BrN3O4S/c1-12-10-14(19)5-8-16(12)22-18(24)11-21-17(23)9-4-13-2-6-15(7-3-13)27(20,25)26/h2-3,5-8,10H,4,9,11H2,1H3,(H,21,23)(H,22,24)(H2,20,25,26). The van der Waals surface area contributed by atoms with Crippen LogP contribution in [0.25, 0.3) is 0 Å². The van der Waals surface area contributed by atoms with Gasteiger partial charge in [-0.15, -0.1) is 0 Å². The Bertz CT molecular complexity index is 944. The van der Waals surface area contributed by atoms with Crippen molar-refractivity contribution in [2.24, 2.45) is 5.14 Å². The van der Waals surface area contributed by atoms with Gasteiger partial charge < -0.3 is 10.6 Å². The van der Waals surface area contributed by atoms with Crippen LogP contribution in [-0.4, -0.2) is 26.8 Å². The molecular formula is C18H20BrN3O4S. The molecule has 27 heavy (non-hydrogen) atoms. The van der Waals surface area contributed by atoms with Crippen LogP contribution in [0.2, 0.25) is 0 Å². The fourth-order valence-electron chi connectivity index (χ4n) is 2.33. The summed E-state index contributed by atoms with van der Waals surface area (Å²) in [6.45, 7) is 1.75. The molecule has 2 amide bonds. The van der Waals surface area contributed by atoms with E-state index >= 15 is 0 Å². The summed E-state index contributed by atoms with van der Waals surface area (Å²) in [4.78, 5) is 23.9. The van der Waals surface area contributed by atoms with Crippen molar-refractivity contribution >= 4 is 43.5 Å². The van der Waals surface area contributed by atoms with Crippen molar-refractivity contribution in [3.8, 4) is 0 Å². The van der Waals surface area contributed by atoms with Crippen LogP contribution in [0.5, 0.6) is 0 Å². The molecule has 2 rings (SSSR count). The number of sulfonamides is 1. The number of carbonyl (C=O) groups is 2. The molecule has 0 heterocycles. The first-order valence-electron chi connectivity index (χ1n) is 8.09. The number of hydrogen-bond donors (Lipinski definition) is 3. The molecule has 0 saturated carbocycles. The molecule has 4 N–H and O–H groups in total. The second kappa shape index (κ2) is 9.12. The smallest absolute Gasteiger partial charge is 0.243 e. The Labute approximate surface area is 166 Å². The highest BCUT2D eigenvalue weighted by Crippen LogP contribution is 2.19. The van der Waals surface area contributed by atoms with Crippen LogP contribution in [0.4, 0.5) is 5.69 Å². The van der Waals surface area contributed by atoms with Gasteiger partial charge in [0.05, 0.1) is 11.4 Å². The van der Waals surface area contributed by atoms with Crippen molar-refractivity contribution in [3.05, 3.63) is 58.1 Å². The third-order valence-corrected chi connectivity index (χ3v) is 5.22. The van der Waals surface area contributed by atoms with E-state index in [2.05, 4.69) is 26.6 Å². The van der Waals surface area contributed by atoms with Crippen molar-refractivity contribution in [1.29, 1.82) is 0 Å². The lowest BCUT2D eigenvalue weighted by atomic mass is 10.1. The summed E-state index contributed by atoms with van der Waals surface area (Å²) in [5.41, 5.74) is 2.40. The molecule has 0 aliphatic heterocycles. The first kappa shape index (κ1) is 21.1. The molecule has 9 heteroatoms. The van der Waals surface area contributed by atoms with Gasteiger partial charge in [-0.1, -0.05) is 28.1 Å². The number of nitrogens with two attached hydrogens (primary N) is 1. The van der Waals surface area contributed by atoms with E-state index in [4.69, 9.17) is 5.14 Å². The number of nitrogens with one attached hydrogen (secondary N) is 2. The summed E-state index contributed by atoms with van der Waals surface area (Å²) in [5.74, 6) is -0.584. The molecule has 0 bridgehead atoms. The highest BCUT2D eigenvalue weighted by molar-refractivity contribution is 9.10. The van der Waals surface area contributed by atoms with Gasteiger partial charge >= 0.3 is 0 Å². The third-order valence-electron chi connectivity index (χ3n) is 3.80. The van der Waals surface area contributed by atoms with E-state index in [1.165, 1.54) is 12.1 Å². The topological polar surface area (TPSA) is 118 Å². The highest BCUT2D eigenvalue weighted by atomic mass is 79.9. The molecule has 2 aromatic carbocycles. The Morgan fingerprint density at radius 2 is 1.74 bits per heavy atom. The van der Waals surface area contributed by atoms with Gasteiger partial charge in [0.15, 0.2) is 0 Å². The number of hydrogen-bond acceptors (Lipinski definition) is 4. The average Bonchev–Trinajstić information content (AvgIpc) is 2.60. The van der Waals surface area contributed by atoms with Gasteiger partial charge in [0, 0.05) is 16.6 Å². The monoisotopic (exact) mass is 453 g/mol. The molecule has 0 unspecified atom stereocenters. The maximum Gasteiger partial charge on any atom is 0.243 e. The van der Waals surface area contributed by atoms with Crippen LogP contribution in [-0.2, 0) is 26.0 Å². The number of amides is 2. The fraction of sp³-hybridized carbons (Fsp3) is 0.222. The van der Waals surface area contributed by atoms with Crippen LogP contribution in [0.15, 0.2) is 51.8 Å². The second-order valence-electron chi connectivity index (χ2n) is 5.97. The number of halogens is 1. The van der Waals surface area contributed by atoms with Crippen molar-refractivity contribution in [1.82, 2.24) is 5.32 Å². The quantitative estimate of drug-likeness (QED) is 0.594. The lowest BCUT2D eigenvalue weighted by Gasteiger charge is -2.10. The van der Waals surface area contributed by atoms with Crippen molar-refractivity contribution in [2.45, 2.75) is 24.7 Å². The molecule has 0 atom stereocenters. The van der Waals surface area contributed by atoms with Gasteiger partial charge in [0.25, 0.3) is 0 Å². The number of primary sulfonamides is 1. The van der Waals surface area contributed by atoms with Crippen molar-refractivity contribution < 1.29 is 18.0 Å².